The van der Waals surface area contributed by atoms with Crippen LogP contribution in [0.15, 0.2) is 70.6 Å². The van der Waals surface area contributed by atoms with Crippen molar-refractivity contribution in [1.29, 1.82) is 0 Å². The average molecular weight is 672 g/mol. The minimum absolute atomic E-state index is 0.0471. The topological polar surface area (TPSA) is 41.9 Å². The number of hydrogen-bond donors (Lipinski definition) is 0. The van der Waals surface area contributed by atoms with Gasteiger partial charge >= 0.3 is 0 Å². The highest BCUT2D eigenvalue weighted by atomic mass is 127. The fraction of sp³-hybridized carbons (Fsp3) is 0.185. The van der Waals surface area contributed by atoms with Crippen molar-refractivity contribution in [2.24, 2.45) is 10.9 Å². The van der Waals surface area contributed by atoms with Crippen LogP contribution in [0.4, 0.5) is 5.69 Å². The molecule has 0 spiro atoms. The van der Waals surface area contributed by atoms with Gasteiger partial charge in [0.25, 0.3) is 5.91 Å². The highest BCUT2D eigenvalue weighted by Crippen LogP contribution is 2.35. The molecule has 0 atom stereocenters. The van der Waals surface area contributed by atoms with Gasteiger partial charge in [-0.25, -0.2) is 4.99 Å². The molecule has 4 nitrogen and oxygen atoms in total. The standard InChI is InChI=1S/C27H22Cl3IN2O2S/c1-16(2)14-33-26(34)25(36-27(33)32-21-8-6-19(28)7-9-21)12-17-3-10-24(23(31)11-17)35-15-18-4-5-20(29)13-22(18)30/h3-13,16H,14-15H2,1-2H3/b25-12-,32-27?. The Labute approximate surface area is 243 Å². The Bertz CT molecular complexity index is 1340. The van der Waals surface area contributed by atoms with E-state index in [0.717, 1.165) is 26.1 Å². The highest BCUT2D eigenvalue weighted by Gasteiger charge is 2.33. The monoisotopic (exact) mass is 670 g/mol. The van der Waals surface area contributed by atoms with Gasteiger partial charge in [0.2, 0.25) is 0 Å². The maximum absolute atomic E-state index is 13.3. The van der Waals surface area contributed by atoms with Crippen LogP contribution >= 0.6 is 69.2 Å². The maximum atomic E-state index is 13.3. The number of aliphatic imine (C=N–C) groups is 1. The van der Waals surface area contributed by atoms with Crippen molar-refractivity contribution in [2.45, 2.75) is 20.5 Å². The van der Waals surface area contributed by atoms with Crippen molar-refractivity contribution < 1.29 is 9.53 Å². The molecule has 0 unspecified atom stereocenters. The second-order valence-electron chi connectivity index (χ2n) is 8.51. The van der Waals surface area contributed by atoms with Crippen LogP contribution in [0.1, 0.15) is 25.0 Å². The lowest BCUT2D eigenvalue weighted by Crippen LogP contribution is -2.32. The number of nitrogens with zero attached hydrogens (tertiary/aromatic N) is 2. The number of carbonyl (C=O) groups excluding carboxylic acids is 1. The SMILES string of the molecule is CC(C)CN1C(=O)/C(=C/c2ccc(OCc3ccc(Cl)cc3Cl)c(I)c2)SC1=Nc1ccc(Cl)cc1. The van der Waals surface area contributed by atoms with Gasteiger partial charge in [0.1, 0.15) is 12.4 Å². The Morgan fingerprint density at radius 2 is 1.75 bits per heavy atom. The number of halogens is 4. The number of ether oxygens (including phenoxy) is 1. The van der Waals surface area contributed by atoms with Gasteiger partial charge in [0.05, 0.1) is 14.2 Å². The minimum atomic E-state index is -0.0471. The molecule has 1 saturated heterocycles. The number of amidine groups is 1. The van der Waals surface area contributed by atoms with E-state index >= 15 is 0 Å². The second kappa shape index (κ2) is 12.2. The van der Waals surface area contributed by atoms with E-state index in [-0.39, 0.29) is 5.91 Å². The molecule has 0 radical (unpaired) electrons. The molecule has 1 heterocycles. The van der Waals surface area contributed by atoms with Gasteiger partial charge in [-0.05, 0) is 100 Å². The summed E-state index contributed by atoms with van der Waals surface area (Å²) >= 11 is 21.8. The molecule has 1 aliphatic rings. The molecule has 4 rings (SSSR count). The van der Waals surface area contributed by atoms with Gasteiger partial charge in [-0.15, -0.1) is 0 Å². The molecule has 3 aromatic rings. The molecule has 1 amide bonds. The van der Waals surface area contributed by atoms with Crippen molar-refractivity contribution in [3.63, 3.8) is 0 Å². The minimum Gasteiger partial charge on any atom is -0.488 e. The normalized spacial score (nSPS) is 16.0. The first-order chi connectivity index (χ1) is 17.2. The van der Waals surface area contributed by atoms with E-state index in [9.17, 15) is 4.79 Å². The molecule has 0 N–H and O–H groups in total. The molecule has 0 aliphatic carbocycles. The van der Waals surface area contributed by atoms with Crippen LogP contribution in [-0.4, -0.2) is 22.5 Å². The summed E-state index contributed by atoms with van der Waals surface area (Å²) in [7, 11) is 0. The molecule has 0 bridgehead atoms. The van der Waals surface area contributed by atoms with Gasteiger partial charge in [-0.3, -0.25) is 9.69 Å². The lowest BCUT2D eigenvalue weighted by atomic mass is 10.2. The molecule has 0 saturated carbocycles. The van der Waals surface area contributed by atoms with Gasteiger partial charge in [0.15, 0.2) is 5.17 Å². The number of amides is 1. The summed E-state index contributed by atoms with van der Waals surface area (Å²) in [5, 5.41) is 2.46. The van der Waals surface area contributed by atoms with Gasteiger partial charge in [0, 0.05) is 27.2 Å². The Morgan fingerprint density at radius 3 is 2.42 bits per heavy atom. The van der Waals surface area contributed by atoms with E-state index in [1.54, 1.807) is 29.2 Å². The van der Waals surface area contributed by atoms with Crippen molar-refractivity contribution >= 4 is 92.0 Å². The van der Waals surface area contributed by atoms with Gasteiger partial charge in [-0.2, -0.15) is 0 Å². The Morgan fingerprint density at radius 1 is 1.03 bits per heavy atom. The van der Waals surface area contributed by atoms with Gasteiger partial charge < -0.3 is 4.74 Å². The van der Waals surface area contributed by atoms with Crippen LogP contribution in [-0.2, 0) is 11.4 Å². The quantitative estimate of drug-likeness (QED) is 0.186. The number of benzene rings is 3. The number of carbonyl (C=O) groups is 1. The number of hydrogen-bond acceptors (Lipinski definition) is 4. The number of thioether (sulfide) groups is 1. The van der Waals surface area contributed by atoms with Crippen molar-refractivity contribution in [1.82, 2.24) is 4.90 Å². The third-order valence-electron chi connectivity index (χ3n) is 5.14. The van der Waals surface area contributed by atoms with E-state index < -0.39 is 0 Å². The third-order valence-corrected chi connectivity index (χ3v) is 7.83. The third kappa shape index (κ3) is 6.98. The molecular weight excluding hydrogens is 650 g/mol. The molecule has 3 aromatic carbocycles. The number of rotatable bonds is 7. The average Bonchev–Trinajstić information content (AvgIpc) is 3.09. The Kier molecular flexibility index (Phi) is 9.28. The second-order valence-corrected chi connectivity index (χ2v) is 12.0. The first-order valence-corrected chi connectivity index (χ1v) is 14.1. The van der Waals surface area contributed by atoms with Crippen LogP contribution in [0.3, 0.4) is 0 Å². The first kappa shape index (κ1) is 27.3. The zero-order chi connectivity index (χ0) is 25.8. The lowest BCUT2D eigenvalue weighted by molar-refractivity contribution is -0.122. The summed E-state index contributed by atoms with van der Waals surface area (Å²) in [6.07, 6.45) is 1.90. The predicted octanol–water partition coefficient (Wildman–Crippen LogP) is 9.09. The molecule has 1 fully saturated rings. The van der Waals surface area contributed by atoms with E-state index in [4.69, 9.17) is 44.5 Å². The van der Waals surface area contributed by atoms with Crippen LogP contribution in [0.5, 0.6) is 5.75 Å². The van der Waals surface area contributed by atoms with Crippen molar-refractivity contribution in [3.05, 3.63) is 95.3 Å². The fourth-order valence-corrected chi connectivity index (χ4v) is 5.71. The summed E-state index contributed by atoms with van der Waals surface area (Å²) in [5.41, 5.74) is 2.51. The first-order valence-electron chi connectivity index (χ1n) is 11.1. The summed E-state index contributed by atoms with van der Waals surface area (Å²) in [4.78, 5) is 20.3. The maximum Gasteiger partial charge on any atom is 0.266 e. The van der Waals surface area contributed by atoms with Crippen LogP contribution < -0.4 is 4.74 Å². The fourth-order valence-electron chi connectivity index (χ4n) is 3.41. The van der Waals surface area contributed by atoms with Gasteiger partial charge in [-0.1, -0.05) is 60.8 Å². The summed E-state index contributed by atoms with van der Waals surface area (Å²) in [6, 6.07) is 18.4. The smallest absolute Gasteiger partial charge is 0.266 e. The lowest BCUT2D eigenvalue weighted by Gasteiger charge is -2.17. The predicted molar refractivity (Wildman–Crippen MR) is 161 cm³/mol. The highest BCUT2D eigenvalue weighted by molar-refractivity contribution is 14.1. The van der Waals surface area contributed by atoms with Crippen molar-refractivity contribution in [3.8, 4) is 5.75 Å². The zero-order valence-electron chi connectivity index (χ0n) is 19.5. The summed E-state index contributed by atoms with van der Waals surface area (Å²) in [6.45, 7) is 5.08. The van der Waals surface area contributed by atoms with E-state index in [1.165, 1.54) is 11.8 Å². The molecule has 36 heavy (non-hydrogen) atoms. The Hall–Kier alpha value is -1.71. The molecular formula is C27H22Cl3IN2O2S. The summed E-state index contributed by atoms with van der Waals surface area (Å²) in [5.74, 6) is 0.991. The van der Waals surface area contributed by atoms with Crippen molar-refractivity contribution in [2.75, 3.05) is 6.54 Å². The van der Waals surface area contributed by atoms with E-state index in [1.807, 2.05) is 42.5 Å². The molecule has 0 aromatic heterocycles. The van der Waals surface area contributed by atoms with E-state index in [2.05, 4.69) is 36.4 Å². The Balaban J connectivity index is 1.54. The summed E-state index contributed by atoms with van der Waals surface area (Å²) < 4.78 is 6.91. The molecule has 186 valence electrons. The zero-order valence-corrected chi connectivity index (χ0v) is 24.7. The molecule has 1 aliphatic heterocycles. The van der Waals surface area contributed by atoms with Crippen LogP contribution in [0.2, 0.25) is 15.1 Å². The largest absolute Gasteiger partial charge is 0.488 e. The van der Waals surface area contributed by atoms with E-state index in [0.29, 0.717) is 44.2 Å². The van der Waals surface area contributed by atoms with Crippen LogP contribution in [0, 0.1) is 9.49 Å². The van der Waals surface area contributed by atoms with Crippen LogP contribution in [0.25, 0.3) is 6.08 Å². The molecule has 9 heteroatoms.